The third kappa shape index (κ3) is 5.06. The van der Waals surface area contributed by atoms with Crippen LogP contribution in [0.5, 0.6) is 5.75 Å². The lowest BCUT2D eigenvalue weighted by atomic mass is 10.2. The monoisotopic (exact) mass is 333 g/mol. The molecule has 0 aliphatic carbocycles. The van der Waals surface area contributed by atoms with Crippen molar-refractivity contribution in [1.29, 1.82) is 0 Å². The molecule has 0 aliphatic heterocycles. The van der Waals surface area contributed by atoms with Gasteiger partial charge in [0, 0.05) is 17.9 Å². The van der Waals surface area contributed by atoms with Gasteiger partial charge in [0.15, 0.2) is 0 Å². The van der Waals surface area contributed by atoms with Crippen LogP contribution in [0.25, 0.3) is 6.08 Å². The van der Waals surface area contributed by atoms with E-state index in [9.17, 15) is 14.7 Å². The van der Waals surface area contributed by atoms with Crippen molar-refractivity contribution in [1.82, 2.24) is 0 Å². The lowest BCUT2D eigenvalue weighted by molar-refractivity contribution is -0.384. The van der Waals surface area contributed by atoms with E-state index in [0.29, 0.717) is 0 Å². The number of hydrogen-bond acceptors (Lipinski definition) is 5. The molecule has 6 nitrogen and oxygen atoms in total. The van der Waals surface area contributed by atoms with E-state index in [2.05, 4.69) is 0 Å². The van der Waals surface area contributed by atoms with Gasteiger partial charge in [-0.05, 0) is 30.7 Å². The Bertz CT molecular complexity index is 728. The highest BCUT2D eigenvalue weighted by Gasteiger charge is 2.22. The Morgan fingerprint density at radius 3 is 2.35 bits per heavy atom. The van der Waals surface area contributed by atoms with Crippen LogP contribution in [0.15, 0.2) is 60.4 Å². The van der Waals surface area contributed by atoms with Crippen molar-refractivity contribution in [2.45, 2.75) is 6.92 Å². The van der Waals surface area contributed by atoms with E-state index in [4.69, 9.17) is 9.05 Å². The van der Waals surface area contributed by atoms with Crippen molar-refractivity contribution in [2.24, 2.45) is 0 Å². The fourth-order valence-corrected chi connectivity index (χ4v) is 3.13. The summed E-state index contributed by atoms with van der Waals surface area (Å²) in [6.07, 6.45) is 1.65. The lowest BCUT2D eigenvalue weighted by Gasteiger charge is -2.15. The molecule has 120 valence electrons. The second kappa shape index (κ2) is 7.72. The highest BCUT2D eigenvalue weighted by atomic mass is 31.2. The molecule has 0 fully saturated rings. The highest BCUT2D eigenvalue weighted by molar-refractivity contribution is 7.57. The van der Waals surface area contributed by atoms with Crippen molar-refractivity contribution in [3.8, 4) is 5.75 Å². The number of rotatable bonds is 7. The molecule has 0 aliphatic rings. The number of benzene rings is 2. The van der Waals surface area contributed by atoms with Gasteiger partial charge in [0.1, 0.15) is 5.75 Å². The largest absolute Gasteiger partial charge is 0.422 e. The van der Waals surface area contributed by atoms with Crippen LogP contribution in [0.2, 0.25) is 0 Å². The van der Waals surface area contributed by atoms with Crippen molar-refractivity contribution in [3.63, 3.8) is 0 Å². The first-order chi connectivity index (χ1) is 11.0. The topological polar surface area (TPSA) is 78.7 Å². The van der Waals surface area contributed by atoms with Crippen LogP contribution in [0, 0.1) is 10.1 Å². The summed E-state index contributed by atoms with van der Waals surface area (Å²) in [5.41, 5.74) is 0.795. The average molecular weight is 333 g/mol. The summed E-state index contributed by atoms with van der Waals surface area (Å²) in [6, 6.07) is 14.7. The normalized spacial score (nSPS) is 13.6. The van der Waals surface area contributed by atoms with Crippen LogP contribution in [-0.2, 0) is 9.09 Å². The Labute approximate surface area is 134 Å². The standard InChI is InChI=1S/C16H16NO5P/c1-2-21-23(20,13-12-14-6-4-3-5-7-14)22-16-10-8-15(9-11-16)17(18)19/h3-13H,2H2,1H3/b13-12+. The molecule has 1 unspecified atom stereocenters. The van der Waals surface area contributed by atoms with Gasteiger partial charge in [-0.1, -0.05) is 30.3 Å². The molecule has 0 saturated carbocycles. The second-order valence-corrected chi connectivity index (χ2v) is 6.34. The fraction of sp³-hybridized carbons (Fsp3) is 0.125. The summed E-state index contributed by atoms with van der Waals surface area (Å²) in [5, 5.41) is 10.6. The van der Waals surface area contributed by atoms with Gasteiger partial charge in [0.2, 0.25) is 0 Å². The van der Waals surface area contributed by atoms with E-state index < -0.39 is 12.5 Å². The van der Waals surface area contributed by atoms with Crippen molar-refractivity contribution < 1.29 is 18.5 Å². The molecule has 0 radical (unpaired) electrons. The molecule has 2 rings (SSSR count). The zero-order valence-corrected chi connectivity index (χ0v) is 13.4. The van der Waals surface area contributed by atoms with Crippen LogP contribution in [0.4, 0.5) is 5.69 Å². The average Bonchev–Trinajstić information content (AvgIpc) is 2.55. The molecule has 23 heavy (non-hydrogen) atoms. The van der Waals surface area contributed by atoms with Gasteiger partial charge in [-0.2, -0.15) is 0 Å². The Balaban J connectivity index is 2.18. The van der Waals surface area contributed by atoms with E-state index >= 15 is 0 Å². The maximum absolute atomic E-state index is 12.7. The zero-order valence-electron chi connectivity index (χ0n) is 12.5. The predicted molar refractivity (Wildman–Crippen MR) is 88.4 cm³/mol. The summed E-state index contributed by atoms with van der Waals surface area (Å²) < 4.78 is 23.4. The van der Waals surface area contributed by atoms with Gasteiger partial charge in [0.05, 0.1) is 11.5 Å². The van der Waals surface area contributed by atoms with Gasteiger partial charge in [0.25, 0.3) is 5.69 Å². The van der Waals surface area contributed by atoms with Crippen molar-refractivity contribution in [2.75, 3.05) is 6.61 Å². The summed E-state index contributed by atoms with van der Waals surface area (Å²) >= 11 is 0. The van der Waals surface area contributed by atoms with Gasteiger partial charge in [-0.25, -0.2) is 4.57 Å². The molecule has 7 heteroatoms. The van der Waals surface area contributed by atoms with Gasteiger partial charge >= 0.3 is 7.60 Å². The van der Waals surface area contributed by atoms with Crippen molar-refractivity contribution in [3.05, 3.63) is 76.1 Å². The Morgan fingerprint density at radius 1 is 1.13 bits per heavy atom. The first-order valence-electron chi connectivity index (χ1n) is 6.95. The molecule has 0 amide bonds. The molecule has 2 aromatic carbocycles. The van der Waals surface area contributed by atoms with Crippen LogP contribution in [0.3, 0.4) is 0 Å². The molecule has 0 spiro atoms. The number of nitro groups is 1. The third-order valence-corrected chi connectivity index (χ3v) is 4.44. The van der Waals surface area contributed by atoms with Crippen molar-refractivity contribution >= 4 is 19.4 Å². The highest BCUT2D eigenvalue weighted by Crippen LogP contribution is 2.50. The number of nitro benzene ring substituents is 1. The smallest absolute Gasteiger partial charge is 0.403 e. The van der Waals surface area contributed by atoms with E-state index in [1.807, 2.05) is 30.3 Å². The molecule has 0 heterocycles. The van der Waals surface area contributed by atoms with E-state index in [0.717, 1.165) is 5.56 Å². The first kappa shape index (κ1) is 16.9. The van der Waals surface area contributed by atoms with E-state index in [-0.39, 0.29) is 18.0 Å². The second-order valence-electron chi connectivity index (χ2n) is 4.53. The van der Waals surface area contributed by atoms with E-state index in [1.165, 1.54) is 30.1 Å². The van der Waals surface area contributed by atoms with Gasteiger partial charge in [-0.3, -0.25) is 14.6 Å². The molecule has 1 atom stereocenters. The quantitative estimate of drug-likeness (QED) is 0.410. The summed E-state index contributed by atoms with van der Waals surface area (Å²) in [6.45, 7) is 1.92. The lowest BCUT2D eigenvalue weighted by Crippen LogP contribution is -1.96. The Kier molecular flexibility index (Phi) is 5.68. The van der Waals surface area contributed by atoms with Gasteiger partial charge in [-0.15, -0.1) is 0 Å². The zero-order chi connectivity index (χ0) is 16.7. The van der Waals surface area contributed by atoms with Gasteiger partial charge < -0.3 is 4.52 Å². The maximum Gasteiger partial charge on any atom is 0.403 e. The summed E-state index contributed by atoms with van der Waals surface area (Å²) in [4.78, 5) is 10.1. The third-order valence-electron chi connectivity index (χ3n) is 2.84. The minimum atomic E-state index is -3.50. The first-order valence-corrected chi connectivity index (χ1v) is 8.56. The predicted octanol–water partition coefficient (Wildman–Crippen LogP) is 4.87. The number of nitrogens with zero attached hydrogens (tertiary/aromatic N) is 1. The van der Waals surface area contributed by atoms with Crippen LogP contribution >= 0.6 is 7.60 Å². The number of hydrogen-bond donors (Lipinski definition) is 0. The number of non-ortho nitro benzene ring substituents is 1. The van der Waals surface area contributed by atoms with Crippen LogP contribution in [0.1, 0.15) is 12.5 Å². The fourth-order valence-electron chi connectivity index (χ4n) is 1.80. The molecule has 0 bridgehead atoms. The Morgan fingerprint density at radius 2 is 1.78 bits per heavy atom. The van der Waals surface area contributed by atoms with Crippen LogP contribution < -0.4 is 4.52 Å². The van der Waals surface area contributed by atoms with E-state index in [1.54, 1.807) is 13.0 Å². The molecular weight excluding hydrogens is 317 g/mol. The maximum atomic E-state index is 12.7. The molecule has 2 aromatic rings. The SMILES string of the molecule is CCOP(=O)(/C=C/c1ccccc1)Oc1ccc([N+](=O)[O-])cc1. The summed E-state index contributed by atoms with van der Waals surface area (Å²) in [5.74, 6) is 1.62. The molecular formula is C16H16NO5P. The molecule has 0 saturated heterocycles. The Hall–Kier alpha value is -2.43. The molecule has 0 aromatic heterocycles. The van der Waals surface area contributed by atoms with Crippen LogP contribution in [-0.4, -0.2) is 11.5 Å². The molecule has 0 N–H and O–H groups in total. The summed E-state index contributed by atoms with van der Waals surface area (Å²) in [7, 11) is -3.50. The minimum absolute atomic E-state index is 0.0663. The minimum Gasteiger partial charge on any atom is -0.422 e.